The van der Waals surface area contributed by atoms with Crippen molar-refractivity contribution in [1.29, 1.82) is 0 Å². The zero-order chi connectivity index (χ0) is 17.4. The van der Waals surface area contributed by atoms with Crippen LogP contribution < -0.4 is 14.2 Å². The summed E-state index contributed by atoms with van der Waals surface area (Å²) in [5.74, 6) is 0.605. The van der Waals surface area contributed by atoms with Crippen LogP contribution in [0.4, 0.5) is 0 Å². The molecular weight excluding hydrogens is 302 g/mol. The molecule has 7 nitrogen and oxygen atoms in total. The highest BCUT2D eigenvalue weighted by Gasteiger charge is 2.11. The molecule has 0 aliphatic heterocycles. The van der Waals surface area contributed by atoms with Crippen molar-refractivity contribution in [3.8, 4) is 17.2 Å². The van der Waals surface area contributed by atoms with Gasteiger partial charge >= 0.3 is 5.97 Å². The SMILES string of the molecule is COc1cc(OC)c(OC)cc1/C=C/C(=O)OCC(=O)N(C)C. The van der Waals surface area contributed by atoms with Gasteiger partial charge in [0.1, 0.15) is 5.75 Å². The molecule has 0 aliphatic carbocycles. The molecule has 1 amide bonds. The van der Waals surface area contributed by atoms with Gasteiger partial charge in [0.15, 0.2) is 18.1 Å². The van der Waals surface area contributed by atoms with Gasteiger partial charge in [0.25, 0.3) is 5.91 Å². The van der Waals surface area contributed by atoms with E-state index in [1.807, 2.05) is 0 Å². The van der Waals surface area contributed by atoms with E-state index >= 15 is 0 Å². The molecule has 1 aromatic rings. The number of amides is 1. The lowest BCUT2D eigenvalue weighted by Gasteiger charge is -2.12. The van der Waals surface area contributed by atoms with Crippen LogP contribution in [0.15, 0.2) is 18.2 Å². The zero-order valence-electron chi connectivity index (χ0n) is 13.9. The van der Waals surface area contributed by atoms with Crippen molar-refractivity contribution >= 4 is 18.0 Å². The van der Waals surface area contributed by atoms with Gasteiger partial charge in [-0.2, -0.15) is 0 Å². The Kier molecular flexibility index (Phi) is 6.92. The molecule has 0 aliphatic rings. The molecule has 23 heavy (non-hydrogen) atoms. The average molecular weight is 323 g/mol. The van der Waals surface area contributed by atoms with Gasteiger partial charge in [0.05, 0.1) is 21.3 Å². The van der Waals surface area contributed by atoms with Crippen molar-refractivity contribution < 1.29 is 28.5 Å². The fourth-order valence-electron chi connectivity index (χ4n) is 1.65. The summed E-state index contributed by atoms with van der Waals surface area (Å²) in [7, 11) is 7.71. The second-order valence-electron chi connectivity index (χ2n) is 4.68. The van der Waals surface area contributed by atoms with Crippen molar-refractivity contribution in [3.63, 3.8) is 0 Å². The van der Waals surface area contributed by atoms with Gasteiger partial charge in [0, 0.05) is 31.8 Å². The smallest absolute Gasteiger partial charge is 0.331 e. The van der Waals surface area contributed by atoms with Gasteiger partial charge in [-0.3, -0.25) is 4.79 Å². The summed E-state index contributed by atoms with van der Waals surface area (Å²) in [6.07, 6.45) is 2.73. The lowest BCUT2D eigenvalue weighted by atomic mass is 10.1. The number of carbonyl (C=O) groups excluding carboxylic acids is 2. The Morgan fingerprint density at radius 1 is 1.00 bits per heavy atom. The van der Waals surface area contributed by atoms with Gasteiger partial charge in [-0.1, -0.05) is 0 Å². The first kappa shape index (κ1) is 18.3. The maximum absolute atomic E-state index is 11.6. The Labute approximate surface area is 135 Å². The predicted octanol–water partition coefficient (Wildman–Crippen LogP) is 1.36. The second-order valence-corrected chi connectivity index (χ2v) is 4.68. The number of esters is 1. The third-order valence-electron chi connectivity index (χ3n) is 2.97. The number of ether oxygens (including phenoxy) is 4. The average Bonchev–Trinajstić information content (AvgIpc) is 2.56. The number of carbonyl (C=O) groups is 2. The molecule has 0 saturated heterocycles. The molecule has 1 rings (SSSR count). The summed E-state index contributed by atoms with van der Waals surface area (Å²) in [6, 6.07) is 3.33. The Bertz CT molecular complexity index is 594. The highest BCUT2D eigenvalue weighted by molar-refractivity contribution is 5.89. The minimum absolute atomic E-state index is 0.296. The van der Waals surface area contributed by atoms with Crippen LogP contribution in [0, 0.1) is 0 Å². The molecule has 0 bridgehead atoms. The van der Waals surface area contributed by atoms with Crippen LogP contribution in [0.2, 0.25) is 0 Å². The minimum atomic E-state index is -0.628. The van der Waals surface area contributed by atoms with Crippen LogP contribution in [0.5, 0.6) is 17.2 Å². The van der Waals surface area contributed by atoms with E-state index in [-0.39, 0.29) is 12.5 Å². The molecule has 0 saturated carbocycles. The van der Waals surface area contributed by atoms with E-state index in [1.54, 1.807) is 26.2 Å². The second kappa shape index (κ2) is 8.67. The summed E-state index contributed by atoms with van der Waals surface area (Å²) in [6.45, 7) is -0.306. The van der Waals surface area contributed by atoms with Crippen molar-refractivity contribution in [2.24, 2.45) is 0 Å². The Morgan fingerprint density at radius 3 is 2.09 bits per heavy atom. The molecule has 0 aromatic heterocycles. The minimum Gasteiger partial charge on any atom is -0.496 e. The summed E-state index contributed by atoms with van der Waals surface area (Å²) < 4.78 is 20.5. The molecule has 126 valence electrons. The number of methoxy groups -OCH3 is 3. The van der Waals surface area contributed by atoms with E-state index in [0.717, 1.165) is 0 Å². The zero-order valence-corrected chi connectivity index (χ0v) is 13.9. The van der Waals surface area contributed by atoms with Gasteiger partial charge < -0.3 is 23.8 Å². The van der Waals surface area contributed by atoms with Gasteiger partial charge in [0.2, 0.25) is 0 Å². The lowest BCUT2D eigenvalue weighted by Crippen LogP contribution is -2.27. The fraction of sp³-hybridized carbons (Fsp3) is 0.375. The van der Waals surface area contributed by atoms with Gasteiger partial charge in [-0.25, -0.2) is 4.79 Å². The molecule has 7 heteroatoms. The van der Waals surface area contributed by atoms with E-state index < -0.39 is 5.97 Å². The van der Waals surface area contributed by atoms with E-state index in [2.05, 4.69) is 0 Å². The van der Waals surface area contributed by atoms with Crippen LogP contribution in [0.25, 0.3) is 6.08 Å². The van der Waals surface area contributed by atoms with Crippen LogP contribution in [-0.4, -0.2) is 58.8 Å². The largest absolute Gasteiger partial charge is 0.496 e. The third-order valence-corrected chi connectivity index (χ3v) is 2.97. The number of rotatable bonds is 7. The van der Waals surface area contributed by atoms with E-state index in [1.165, 1.54) is 38.4 Å². The summed E-state index contributed by atoms with van der Waals surface area (Å²) in [5, 5.41) is 0. The van der Waals surface area contributed by atoms with Crippen LogP contribution in [0.3, 0.4) is 0 Å². The first-order valence-corrected chi connectivity index (χ1v) is 6.78. The molecule has 0 spiro atoms. The first-order chi connectivity index (χ1) is 10.9. The van der Waals surface area contributed by atoms with E-state index in [9.17, 15) is 9.59 Å². The number of likely N-dealkylation sites (N-methyl/N-ethyl adjacent to an activating group) is 1. The normalized spacial score (nSPS) is 10.3. The maximum Gasteiger partial charge on any atom is 0.331 e. The number of hydrogen-bond donors (Lipinski definition) is 0. The van der Waals surface area contributed by atoms with Crippen LogP contribution in [-0.2, 0) is 14.3 Å². The predicted molar refractivity (Wildman–Crippen MR) is 84.8 cm³/mol. The Balaban J connectivity index is 2.86. The van der Waals surface area contributed by atoms with E-state index in [4.69, 9.17) is 18.9 Å². The lowest BCUT2D eigenvalue weighted by molar-refractivity contribution is -0.146. The fourth-order valence-corrected chi connectivity index (χ4v) is 1.65. The molecule has 0 N–H and O–H groups in total. The number of hydrogen-bond acceptors (Lipinski definition) is 6. The molecule has 0 fully saturated rings. The molecule has 0 unspecified atom stereocenters. The summed E-state index contributed by atoms with van der Waals surface area (Å²) >= 11 is 0. The number of benzene rings is 1. The van der Waals surface area contributed by atoms with Crippen LogP contribution >= 0.6 is 0 Å². The Morgan fingerprint density at radius 2 is 1.57 bits per heavy atom. The highest BCUT2D eigenvalue weighted by atomic mass is 16.5. The first-order valence-electron chi connectivity index (χ1n) is 6.78. The molecule has 1 aromatic carbocycles. The molecule has 0 heterocycles. The third kappa shape index (κ3) is 5.21. The van der Waals surface area contributed by atoms with Crippen molar-refractivity contribution in [2.45, 2.75) is 0 Å². The molecule has 0 atom stereocenters. The van der Waals surface area contributed by atoms with Crippen molar-refractivity contribution in [1.82, 2.24) is 4.90 Å². The maximum atomic E-state index is 11.6. The topological polar surface area (TPSA) is 74.3 Å². The Hall–Kier alpha value is -2.70. The van der Waals surface area contributed by atoms with E-state index in [0.29, 0.717) is 22.8 Å². The van der Waals surface area contributed by atoms with Crippen LogP contribution in [0.1, 0.15) is 5.56 Å². The molecular formula is C16H21NO6. The summed E-state index contributed by atoms with van der Waals surface area (Å²) in [5.41, 5.74) is 0.612. The standard InChI is InChI=1S/C16H21NO6/c1-17(2)15(18)10-23-16(19)7-6-11-8-13(21-4)14(22-5)9-12(11)20-3/h6-9H,10H2,1-5H3/b7-6+. The van der Waals surface area contributed by atoms with Gasteiger partial charge in [-0.05, 0) is 12.1 Å². The van der Waals surface area contributed by atoms with Gasteiger partial charge in [-0.15, -0.1) is 0 Å². The van der Waals surface area contributed by atoms with Crippen molar-refractivity contribution in [2.75, 3.05) is 42.0 Å². The number of nitrogens with zero attached hydrogens (tertiary/aromatic N) is 1. The quantitative estimate of drug-likeness (QED) is 0.557. The summed E-state index contributed by atoms with van der Waals surface area (Å²) in [4.78, 5) is 24.3. The van der Waals surface area contributed by atoms with Crippen molar-refractivity contribution in [3.05, 3.63) is 23.8 Å². The monoisotopic (exact) mass is 323 g/mol. The molecule has 0 radical (unpaired) electrons. The highest BCUT2D eigenvalue weighted by Crippen LogP contribution is 2.35.